The van der Waals surface area contributed by atoms with E-state index in [2.05, 4.69) is 38.1 Å². The third-order valence-electron chi connectivity index (χ3n) is 4.40. The molecule has 0 aliphatic carbocycles. The lowest BCUT2D eigenvalue weighted by molar-refractivity contribution is 0.0768. The van der Waals surface area contributed by atoms with Crippen molar-refractivity contribution in [1.82, 2.24) is 0 Å². The van der Waals surface area contributed by atoms with Crippen LogP contribution in [0.25, 0.3) is 0 Å². The van der Waals surface area contributed by atoms with E-state index in [-0.39, 0.29) is 18.6 Å². The second-order valence-corrected chi connectivity index (χ2v) is 7.81. The molecule has 2 aromatic rings. The topological polar surface area (TPSA) is 47.9 Å². The number of hydrogen-bond acceptors (Lipinski definition) is 4. The molecule has 148 valence electrons. The van der Waals surface area contributed by atoms with Crippen LogP contribution in [0.2, 0.25) is 0 Å². The van der Waals surface area contributed by atoms with Crippen molar-refractivity contribution in [3.63, 3.8) is 0 Å². The van der Waals surface area contributed by atoms with Crippen molar-refractivity contribution in [3.05, 3.63) is 59.7 Å². The van der Waals surface area contributed by atoms with Gasteiger partial charge in [0, 0.05) is 11.3 Å². The highest BCUT2D eigenvalue weighted by molar-refractivity contribution is 14.1. The Morgan fingerprint density at radius 2 is 1.44 bits per heavy atom. The Hall–Kier alpha value is -1.02. The first kappa shape index (κ1) is 22.3. The number of rotatable bonds is 11. The van der Waals surface area contributed by atoms with E-state index in [1.165, 1.54) is 11.1 Å². The molecule has 0 aliphatic heterocycles. The summed E-state index contributed by atoms with van der Waals surface area (Å²) in [6.07, 6.45) is 0.203. The highest BCUT2D eigenvalue weighted by Gasteiger charge is 2.23. The number of halogens is 2. The van der Waals surface area contributed by atoms with Gasteiger partial charge >= 0.3 is 0 Å². The predicted molar refractivity (Wildman–Crippen MR) is 117 cm³/mol. The predicted octanol–water partition coefficient (Wildman–Crippen LogP) is 5.13. The zero-order valence-electron chi connectivity index (χ0n) is 15.7. The van der Waals surface area contributed by atoms with Gasteiger partial charge < -0.3 is 17.6 Å². The first-order chi connectivity index (χ1) is 13.0. The smallest absolute Gasteiger partial charge is 0.119 e. The Bertz CT molecular complexity index is 674. The molecule has 6 heteroatoms. The molecule has 0 saturated carbocycles. The summed E-state index contributed by atoms with van der Waals surface area (Å²) in [5.74, 6) is 2.19. The molecule has 0 radical (unpaired) electrons. The Balaban J connectivity index is 2.00. The van der Waals surface area contributed by atoms with Gasteiger partial charge in [0.25, 0.3) is 0 Å². The summed E-state index contributed by atoms with van der Waals surface area (Å²) < 4.78 is 16.1. The van der Waals surface area contributed by atoms with Crippen LogP contribution >= 0.6 is 34.6 Å². The summed E-state index contributed by atoms with van der Waals surface area (Å²) in [5.41, 5.74) is 2.24. The highest BCUT2D eigenvalue weighted by Crippen LogP contribution is 2.33. The van der Waals surface area contributed by atoms with Crippen LogP contribution in [0, 0.1) is 0 Å². The zero-order valence-corrected chi connectivity index (χ0v) is 18.6. The van der Waals surface area contributed by atoms with Gasteiger partial charge in [-0.25, -0.2) is 0 Å². The molecular weight excluding hydrogens is 479 g/mol. The molecule has 0 heterocycles. The fourth-order valence-electron chi connectivity index (χ4n) is 2.66. The Kier molecular flexibility index (Phi) is 9.15. The maximum Gasteiger partial charge on any atom is 0.119 e. The zero-order chi connectivity index (χ0) is 19.7. The van der Waals surface area contributed by atoms with Crippen LogP contribution in [0.1, 0.15) is 31.4 Å². The largest absolute Gasteiger partial charge is 0.494 e. The van der Waals surface area contributed by atoms with Gasteiger partial charge in [-0.15, -0.1) is 11.6 Å². The number of hydrogen-bond donors (Lipinski definition) is 1. The molecule has 27 heavy (non-hydrogen) atoms. The molecule has 0 bridgehead atoms. The van der Waals surface area contributed by atoms with Gasteiger partial charge in [0.05, 0.1) is 13.2 Å². The summed E-state index contributed by atoms with van der Waals surface area (Å²) in [7, 11) is 0. The number of aliphatic hydroxyl groups excluding tert-OH is 1. The van der Waals surface area contributed by atoms with E-state index in [0.29, 0.717) is 12.5 Å². The molecule has 2 rings (SSSR count). The fraction of sp³-hybridized carbons (Fsp3) is 0.429. The van der Waals surface area contributed by atoms with Crippen LogP contribution in [-0.4, -0.2) is 36.9 Å². The van der Waals surface area contributed by atoms with Crippen LogP contribution < -0.4 is 9.47 Å². The van der Waals surface area contributed by atoms with Crippen molar-refractivity contribution in [1.29, 1.82) is 0 Å². The minimum absolute atomic E-state index is 0.151. The lowest BCUT2D eigenvalue weighted by Gasteiger charge is -2.26. The Morgan fingerprint density at radius 1 is 0.926 bits per heavy atom. The molecule has 4 nitrogen and oxygen atoms in total. The molecule has 0 amide bonds. The molecule has 1 atom stereocenters. The van der Waals surface area contributed by atoms with Crippen molar-refractivity contribution in [2.45, 2.75) is 31.8 Å². The van der Waals surface area contributed by atoms with Crippen LogP contribution in [0.4, 0.5) is 0 Å². The fourth-order valence-corrected chi connectivity index (χ4v) is 3.18. The summed E-state index contributed by atoms with van der Waals surface area (Å²) in [6.45, 7) is 5.46. The van der Waals surface area contributed by atoms with Crippen LogP contribution in [0.3, 0.4) is 0 Å². The van der Waals surface area contributed by atoms with E-state index in [9.17, 15) is 5.11 Å². The first-order valence-corrected chi connectivity index (χ1v) is 10.3. The second kappa shape index (κ2) is 11.1. The second-order valence-electron chi connectivity index (χ2n) is 6.81. The quantitative estimate of drug-likeness (QED) is 0.262. The molecule has 2 aromatic carbocycles. The molecular formula is C21H26ClIO4. The number of alkyl halides is 1. The van der Waals surface area contributed by atoms with Crippen molar-refractivity contribution < 1.29 is 17.6 Å². The summed E-state index contributed by atoms with van der Waals surface area (Å²) in [5, 5.41) is 9.66. The summed E-state index contributed by atoms with van der Waals surface area (Å²) in [6, 6.07) is 16.2. The molecule has 0 aromatic heterocycles. The van der Waals surface area contributed by atoms with E-state index in [4.69, 9.17) is 24.1 Å². The van der Waals surface area contributed by atoms with E-state index >= 15 is 0 Å². The molecule has 1 N–H and O–H groups in total. The number of aliphatic hydroxyl groups is 1. The Morgan fingerprint density at radius 3 is 1.93 bits per heavy atom. The standard InChI is InChI=1S/C21H26ClIO4/c1-21(2,16-4-8-19(9-5-16)25-13-3-12-22)17-6-10-20(11-7-17)26-14-18(24)15-27-23/h4-11,18,24H,3,12-15H2,1-2H3/t18-/m1/s1. The van der Waals surface area contributed by atoms with Crippen molar-refractivity contribution in [3.8, 4) is 11.5 Å². The third-order valence-corrected chi connectivity index (χ3v) is 5.02. The average molecular weight is 505 g/mol. The van der Waals surface area contributed by atoms with Gasteiger partial charge in [0.1, 0.15) is 47.2 Å². The molecule has 0 fully saturated rings. The third kappa shape index (κ3) is 6.82. The maximum atomic E-state index is 9.66. The summed E-state index contributed by atoms with van der Waals surface area (Å²) >= 11 is 7.43. The van der Waals surface area contributed by atoms with Crippen molar-refractivity contribution in [2.24, 2.45) is 0 Å². The number of benzene rings is 2. The lowest BCUT2D eigenvalue weighted by atomic mass is 9.78. The van der Waals surface area contributed by atoms with Gasteiger partial charge in [-0.3, -0.25) is 0 Å². The summed E-state index contributed by atoms with van der Waals surface area (Å²) in [4.78, 5) is 0. The monoisotopic (exact) mass is 504 g/mol. The molecule has 0 saturated heterocycles. The van der Waals surface area contributed by atoms with Crippen LogP contribution in [-0.2, 0) is 8.48 Å². The average Bonchev–Trinajstić information content (AvgIpc) is 2.67. The van der Waals surface area contributed by atoms with E-state index in [0.717, 1.165) is 17.9 Å². The van der Waals surface area contributed by atoms with Gasteiger partial charge in [-0.05, 0) is 41.8 Å². The molecule has 0 spiro atoms. The van der Waals surface area contributed by atoms with Gasteiger partial charge in [0.15, 0.2) is 0 Å². The van der Waals surface area contributed by atoms with Crippen molar-refractivity contribution in [2.75, 3.05) is 25.7 Å². The SMILES string of the molecule is CC(C)(c1ccc(OCCCCl)cc1)c1ccc(OC[C@@H](O)COI)cc1. The highest BCUT2D eigenvalue weighted by atomic mass is 127. The van der Waals surface area contributed by atoms with Gasteiger partial charge in [-0.2, -0.15) is 0 Å². The first-order valence-electron chi connectivity index (χ1n) is 8.91. The van der Waals surface area contributed by atoms with Crippen LogP contribution in [0.15, 0.2) is 48.5 Å². The maximum absolute atomic E-state index is 9.66. The Labute approximate surface area is 180 Å². The van der Waals surface area contributed by atoms with Gasteiger partial charge in [0.2, 0.25) is 0 Å². The molecule has 0 aliphatic rings. The van der Waals surface area contributed by atoms with E-state index in [1.807, 2.05) is 24.3 Å². The van der Waals surface area contributed by atoms with Crippen molar-refractivity contribution >= 4 is 34.6 Å². The molecule has 0 unspecified atom stereocenters. The minimum atomic E-state index is -0.636. The minimum Gasteiger partial charge on any atom is -0.494 e. The van der Waals surface area contributed by atoms with Gasteiger partial charge in [-0.1, -0.05) is 38.1 Å². The lowest BCUT2D eigenvalue weighted by Crippen LogP contribution is -2.22. The van der Waals surface area contributed by atoms with E-state index in [1.54, 1.807) is 23.0 Å². The van der Waals surface area contributed by atoms with Crippen LogP contribution in [0.5, 0.6) is 11.5 Å². The normalized spacial score (nSPS) is 12.6. The number of ether oxygens (including phenoxy) is 2. The van der Waals surface area contributed by atoms with E-state index < -0.39 is 6.10 Å².